The van der Waals surface area contributed by atoms with Crippen LogP contribution in [0.25, 0.3) is 0 Å². The monoisotopic (exact) mass is 139 g/mol. The zero-order valence-corrected chi connectivity index (χ0v) is 7.48. The highest BCUT2D eigenvalue weighted by Crippen LogP contribution is 2.35. The fourth-order valence-electron chi connectivity index (χ4n) is 2.04. The first-order valence-corrected chi connectivity index (χ1v) is 4.43. The first-order chi connectivity index (χ1) is 4.60. The Morgan fingerprint density at radius 1 is 1.40 bits per heavy atom. The lowest BCUT2D eigenvalue weighted by Crippen LogP contribution is -2.12. The summed E-state index contributed by atoms with van der Waals surface area (Å²) >= 11 is 0. The van der Waals surface area contributed by atoms with Gasteiger partial charge in [-0.1, -0.05) is 27.2 Å². The van der Waals surface area contributed by atoms with Gasteiger partial charge in [0.25, 0.3) is 0 Å². The Bertz CT molecular complexity index is 103. The largest absolute Gasteiger partial charge is 0.0622 e. The Morgan fingerprint density at radius 2 is 2.10 bits per heavy atom. The molecule has 0 heterocycles. The molecule has 1 aliphatic carbocycles. The molecule has 1 rings (SSSR count). The quantitative estimate of drug-likeness (QED) is 0.451. The van der Waals surface area contributed by atoms with E-state index in [1.165, 1.54) is 25.7 Å². The Labute approximate surface area is 65.0 Å². The molecule has 0 amide bonds. The van der Waals surface area contributed by atoms with Crippen LogP contribution in [-0.2, 0) is 0 Å². The third-order valence-corrected chi connectivity index (χ3v) is 2.50. The number of hydrogen-bond acceptors (Lipinski definition) is 0. The highest BCUT2D eigenvalue weighted by Gasteiger charge is 2.23. The number of rotatable bonds is 0. The topological polar surface area (TPSA) is 0 Å². The maximum absolute atomic E-state index is 2.48. The first-order valence-electron chi connectivity index (χ1n) is 4.43. The Morgan fingerprint density at radius 3 is 2.80 bits per heavy atom. The van der Waals surface area contributed by atoms with Crippen LogP contribution in [0.2, 0.25) is 0 Å². The summed E-state index contributed by atoms with van der Waals surface area (Å²) in [6.07, 6.45) is 8.01. The van der Waals surface area contributed by atoms with Crippen molar-refractivity contribution in [1.29, 1.82) is 0 Å². The van der Waals surface area contributed by atoms with Gasteiger partial charge >= 0.3 is 0 Å². The van der Waals surface area contributed by atoms with E-state index in [2.05, 4.69) is 27.2 Å². The van der Waals surface area contributed by atoms with Gasteiger partial charge in [-0.2, -0.15) is 0 Å². The van der Waals surface area contributed by atoms with Crippen LogP contribution in [0.5, 0.6) is 0 Å². The normalized spacial score (nSPS) is 33.3. The van der Waals surface area contributed by atoms with Crippen LogP contribution in [0.3, 0.4) is 0 Å². The van der Waals surface area contributed by atoms with Crippen molar-refractivity contribution in [3.8, 4) is 0 Å². The molecule has 1 fully saturated rings. The van der Waals surface area contributed by atoms with Gasteiger partial charge in [0, 0.05) is 0 Å². The van der Waals surface area contributed by atoms with Crippen molar-refractivity contribution < 1.29 is 0 Å². The van der Waals surface area contributed by atoms with Gasteiger partial charge in [0.15, 0.2) is 0 Å². The summed E-state index contributed by atoms with van der Waals surface area (Å²) in [7, 11) is 0. The predicted octanol–water partition coefficient (Wildman–Crippen LogP) is 3.43. The minimum Gasteiger partial charge on any atom is -0.0622 e. The van der Waals surface area contributed by atoms with Gasteiger partial charge in [0.2, 0.25) is 0 Å². The minimum absolute atomic E-state index is 0.604. The van der Waals surface area contributed by atoms with E-state index in [1.54, 1.807) is 0 Å². The van der Waals surface area contributed by atoms with Gasteiger partial charge in [-0.25, -0.2) is 0 Å². The van der Waals surface area contributed by atoms with Crippen molar-refractivity contribution in [1.82, 2.24) is 0 Å². The van der Waals surface area contributed by atoms with E-state index in [4.69, 9.17) is 0 Å². The summed E-state index contributed by atoms with van der Waals surface area (Å²) in [6.45, 7) is 7.12. The maximum atomic E-state index is 2.48. The first kappa shape index (κ1) is 8.10. The molecule has 0 N–H and O–H groups in total. The molecule has 1 unspecified atom stereocenters. The highest BCUT2D eigenvalue weighted by molar-refractivity contribution is 4.84. The molecule has 10 heavy (non-hydrogen) atoms. The van der Waals surface area contributed by atoms with E-state index in [0.717, 1.165) is 5.92 Å². The number of hydrogen-bond donors (Lipinski definition) is 0. The van der Waals surface area contributed by atoms with E-state index in [-0.39, 0.29) is 0 Å². The van der Waals surface area contributed by atoms with Crippen LogP contribution < -0.4 is 0 Å². The van der Waals surface area contributed by atoms with E-state index in [1.807, 2.05) is 0 Å². The zero-order chi connectivity index (χ0) is 7.61. The van der Waals surface area contributed by atoms with Crippen molar-refractivity contribution in [3.63, 3.8) is 0 Å². The maximum Gasteiger partial charge on any atom is -0.0352 e. The Hall–Kier alpha value is 0. The Kier molecular flexibility index (Phi) is 2.38. The van der Waals surface area contributed by atoms with Crippen molar-refractivity contribution in [2.24, 2.45) is 11.3 Å². The van der Waals surface area contributed by atoms with Crippen LogP contribution in [0, 0.1) is 17.8 Å². The van der Waals surface area contributed by atoms with Crippen LogP contribution >= 0.6 is 0 Å². The van der Waals surface area contributed by atoms with Crippen LogP contribution in [0.15, 0.2) is 0 Å². The van der Waals surface area contributed by atoms with Crippen LogP contribution in [0.1, 0.15) is 46.5 Å². The van der Waals surface area contributed by atoms with Gasteiger partial charge in [0.1, 0.15) is 0 Å². The summed E-state index contributed by atoms with van der Waals surface area (Å²) < 4.78 is 0. The SMILES string of the molecule is CC1[CH]CCCC(C)(C)C1. The van der Waals surface area contributed by atoms with Gasteiger partial charge in [0.05, 0.1) is 0 Å². The highest BCUT2D eigenvalue weighted by atomic mass is 14.3. The summed E-state index contributed by atoms with van der Waals surface area (Å²) in [6, 6.07) is 0. The van der Waals surface area contributed by atoms with Crippen LogP contribution in [0.4, 0.5) is 0 Å². The molecule has 1 radical (unpaired) electrons. The lowest BCUT2D eigenvalue weighted by Gasteiger charge is -2.24. The molecule has 1 aliphatic rings. The summed E-state index contributed by atoms with van der Waals surface area (Å²) in [5, 5.41) is 0. The molecule has 0 saturated heterocycles. The molecule has 0 aromatic rings. The second-order valence-corrected chi connectivity index (χ2v) is 4.47. The molecule has 1 saturated carbocycles. The van der Waals surface area contributed by atoms with Crippen molar-refractivity contribution in [2.75, 3.05) is 0 Å². The van der Waals surface area contributed by atoms with Crippen molar-refractivity contribution in [2.45, 2.75) is 46.5 Å². The third-order valence-electron chi connectivity index (χ3n) is 2.50. The lowest BCUT2D eigenvalue weighted by molar-refractivity contribution is 0.286. The third kappa shape index (κ3) is 2.32. The molecule has 1 atom stereocenters. The smallest absolute Gasteiger partial charge is 0.0352 e. The van der Waals surface area contributed by atoms with Crippen LogP contribution in [-0.4, -0.2) is 0 Å². The van der Waals surface area contributed by atoms with Gasteiger partial charge < -0.3 is 0 Å². The predicted molar refractivity (Wildman–Crippen MR) is 45.7 cm³/mol. The summed E-state index contributed by atoms with van der Waals surface area (Å²) in [5.74, 6) is 0.845. The fraction of sp³-hybridized carbons (Fsp3) is 0.900. The molecule has 0 nitrogen and oxygen atoms in total. The molecular weight excluding hydrogens is 120 g/mol. The Balaban J connectivity index is 2.46. The molecule has 0 bridgehead atoms. The van der Waals surface area contributed by atoms with Crippen molar-refractivity contribution in [3.05, 3.63) is 6.42 Å². The molecule has 0 aromatic heterocycles. The molecule has 0 spiro atoms. The minimum atomic E-state index is 0.604. The standard InChI is InChI=1S/C10H19/c1-9-6-4-5-7-10(2,3)8-9/h6,9H,4-5,7-8H2,1-3H3. The molecule has 59 valence electrons. The molecule has 0 heteroatoms. The molecular formula is C10H19. The second-order valence-electron chi connectivity index (χ2n) is 4.47. The average Bonchev–Trinajstić information content (AvgIpc) is 1.90. The van der Waals surface area contributed by atoms with E-state index >= 15 is 0 Å². The second kappa shape index (κ2) is 2.94. The summed E-state index contributed by atoms with van der Waals surface area (Å²) in [4.78, 5) is 0. The average molecular weight is 139 g/mol. The van der Waals surface area contributed by atoms with Gasteiger partial charge in [-0.15, -0.1) is 0 Å². The fourth-order valence-corrected chi connectivity index (χ4v) is 2.04. The van der Waals surface area contributed by atoms with Gasteiger partial charge in [-0.3, -0.25) is 0 Å². The summed E-state index contributed by atoms with van der Waals surface area (Å²) in [5.41, 5.74) is 0.604. The van der Waals surface area contributed by atoms with Crippen molar-refractivity contribution >= 4 is 0 Å². The van der Waals surface area contributed by atoms with E-state index in [0.29, 0.717) is 5.41 Å². The van der Waals surface area contributed by atoms with E-state index in [9.17, 15) is 0 Å². The van der Waals surface area contributed by atoms with E-state index < -0.39 is 0 Å². The van der Waals surface area contributed by atoms with Gasteiger partial charge in [-0.05, 0) is 37.0 Å². The zero-order valence-electron chi connectivity index (χ0n) is 7.48. The lowest BCUT2D eigenvalue weighted by atomic mass is 9.82. The molecule has 0 aliphatic heterocycles. The molecule has 0 aromatic carbocycles.